The molecule has 0 unspecified atom stereocenters. The molecule has 0 atom stereocenters. The van der Waals surface area contributed by atoms with E-state index in [0.717, 1.165) is 57.9 Å². The van der Waals surface area contributed by atoms with Crippen molar-refractivity contribution in [2.45, 2.75) is 38.5 Å². The van der Waals surface area contributed by atoms with Gasteiger partial charge in [0.2, 0.25) is 0 Å². The molecule has 0 aromatic carbocycles. The Morgan fingerprint density at radius 3 is 2.95 bits per heavy atom. The Balaban J connectivity index is 1.46. The van der Waals surface area contributed by atoms with Gasteiger partial charge in [-0.1, -0.05) is 0 Å². The van der Waals surface area contributed by atoms with Gasteiger partial charge in [-0.3, -0.25) is 9.58 Å². The van der Waals surface area contributed by atoms with E-state index in [1.54, 1.807) is 0 Å². The quantitative estimate of drug-likeness (QED) is 0.849. The maximum Gasteiger partial charge on any atom is 0.123 e. The molecule has 4 heterocycles. The molecule has 6 heteroatoms. The maximum atomic E-state index is 5.47. The molecule has 4 rings (SSSR count). The standard InChI is InChI=1S/C15H21N5O/c1-4-16-20(5-1)11-13-10-19-7-6-18(12-15(19)17-13)14-2-8-21-9-3-14/h1,4-5,10,14H,2-3,6-9,11-12H2. The van der Waals surface area contributed by atoms with E-state index in [2.05, 4.69) is 20.8 Å². The fourth-order valence-corrected chi connectivity index (χ4v) is 3.33. The van der Waals surface area contributed by atoms with Crippen LogP contribution in [0.4, 0.5) is 0 Å². The van der Waals surface area contributed by atoms with Gasteiger partial charge in [-0.25, -0.2) is 4.98 Å². The highest BCUT2D eigenvalue weighted by molar-refractivity contribution is 5.07. The molecule has 6 nitrogen and oxygen atoms in total. The first-order valence-corrected chi connectivity index (χ1v) is 7.72. The number of nitrogens with zero attached hydrogens (tertiary/aromatic N) is 5. The monoisotopic (exact) mass is 287 g/mol. The lowest BCUT2D eigenvalue weighted by Gasteiger charge is -2.36. The highest BCUT2D eigenvalue weighted by Crippen LogP contribution is 2.21. The second-order valence-electron chi connectivity index (χ2n) is 5.86. The first kappa shape index (κ1) is 13.0. The number of aromatic nitrogens is 4. The molecule has 2 aromatic heterocycles. The molecule has 21 heavy (non-hydrogen) atoms. The number of imidazole rings is 1. The van der Waals surface area contributed by atoms with Crippen LogP contribution in [0.5, 0.6) is 0 Å². The van der Waals surface area contributed by atoms with Crippen LogP contribution in [0.2, 0.25) is 0 Å². The van der Waals surface area contributed by atoms with E-state index in [1.807, 2.05) is 23.1 Å². The molecule has 0 aliphatic carbocycles. The largest absolute Gasteiger partial charge is 0.381 e. The van der Waals surface area contributed by atoms with Crippen molar-refractivity contribution in [3.8, 4) is 0 Å². The number of rotatable bonds is 3. The molecule has 2 aliphatic rings. The summed E-state index contributed by atoms with van der Waals surface area (Å²) in [6.45, 7) is 5.68. The molecule has 0 amide bonds. The third-order valence-electron chi connectivity index (χ3n) is 4.47. The van der Waals surface area contributed by atoms with Crippen molar-refractivity contribution in [2.75, 3.05) is 19.8 Å². The van der Waals surface area contributed by atoms with Gasteiger partial charge in [0.1, 0.15) is 5.82 Å². The van der Waals surface area contributed by atoms with Crippen LogP contribution < -0.4 is 0 Å². The smallest absolute Gasteiger partial charge is 0.123 e. The predicted octanol–water partition coefficient (Wildman–Crippen LogP) is 1.12. The first-order valence-electron chi connectivity index (χ1n) is 7.72. The minimum atomic E-state index is 0.666. The fraction of sp³-hybridized carbons (Fsp3) is 0.600. The summed E-state index contributed by atoms with van der Waals surface area (Å²) in [5.74, 6) is 1.19. The summed E-state index contributed by atoms with van der Waals surface area (Å²) in [4.78, 5) is 7.37. The minimum absolute atomic E-state index is 0.666. The van der Waals surface area contributed by atoms with Gasteiger partial charge in [0.25, 0.3) is 0 Å². The van der Waals surface area contributed by atoms with Crippen LogP contribution in [-0.2, 0) is 24.4 Å². The minimum Gasteiger partial charge on any atom is -0.381 e. The Bertz CT molecular complexity index is 585. The normalized spacial score (nSPS) is 20.6. The molecular weight excluding hydrogens is 266 g/mol. The number of fused-ring (bicyclic) bond motifs is 1. The average molecular weight is 287 g/mol. The van der Waals surface area contributed by atoms with E-state index in [0.29, 0.717) is 6.04 Å². The van der Waals surface area contributed by atoms with Gasteiger partial charge in [0.05, 0.1) is 18.8 Å². The lowest BCUT2D eigenvalue weighted by molar-refractivity contribution is 0.0235. The highest BCUT2D eigenvalue weighted by Gasteiger charge is 2.26. The molecule has 0 radical (unpaired) electrons. The van der Waals surface area contributed by atoms with Crippen LogP contribution in [0, 0.1) is 0 Å². The summed E-state index contributed by atoms with van der Waals surface area (Å²) in [5, 5.41) is 4.25. The van der Waals surface area contributed by atoms with Crippen LogP contribution in [0.15, 0.2) is 24.7 Å². The Morgan fingerprint density at radius 2 is 2.14 bits per heavy atom. The van der Waals surface area contributed by atoms with Gasteiger partial charge < -0.3 is 9.30 Å². The van der Waals surface area contributed by atoms with E-state index in [4.69, 9.17) is 9.72 Å². The zero-order valence-electron chi connectivity index (χ0n) is 12.2. The van der Waals surface area contributed by atoms with E-state index in [9.17, 15) is 0 Å². The van der Waals surface area contributed by atoms with Crippen LogP contribution in [0.1, 0.15) is 24.4 Å². The topological polar surface area (TPSA) is 48.1 Å². The fourth-order valence-electron chi connectivity index (χ4n) is 3.33. The summed E-state index contributed by atoms with van der Waals surface area (Å²) in [5.41, 5.74) is 1.10. The second-order valence-corrected chi connectivity index (χ2v) is 5.86. The van der Waals surface area contributed by atoms with E-state index in [-0.39, 0.29) is 0 Å². The lowest BCUT2D eigenvalue weighted by Crippen LogP contribution is -2.43. The Hall–Kier alpha value is -1.66. The zero-order valence-corrected chi connectivity index (χ0v) is 12.2. The molecule has 2 aliphatic heterocycles. The molecule has 2 aromatic rings. The molecule has 112 valence electrons. The third kappa shape index (κ3) is 2.73. The predicted molar refractivity (Wildman–Crippen MR) is 77.8 cm³/mol. The van der Waals surface area contributed by atoms with Crippen LogP contribution in [0.3, 0.4) is 0 Å². The summed E-state index contributed by atoms with van der Waals surface area (Å²) in [7, 11) is 0. The van der Waals surface area contributed by atoms with Crippen molar-refractivity contribution in [1.82, 2.24) is 24.2 Å². The van der Waals surface area contributed by atoms with Gasteiger partial charge in [0, 0.05) is 50.9 Å². The average Bonchev–Trinajstić information content (AvgIpc) is 3.16. The number of ether oxygens (including phenoxy) is 1. The third-order valence-corrected chi connectivity index (χ3v) is 4.47. The molecule has 0 spiro atoms. The van der Waals surface area contributed by atoms with Crippen molar-refractivity contribution in [1.29, 1.82) is 0 Å². The summed E-state index contributed by atoms with van der Waals surface area (Å²) >= 11 is 0. The summed E-state index contributed by atoms with van der Waals surface area (Å²) in [6, 6.07) is 2.61. The Morgan fingerprint density at radius 1 is 1.24 bits per heavy atom. The van der Waals surface area contributed by atoms with Gasteiger partial charge >= 0.3 is 0 Å². The van der Waals surface area contributed by atoms with Crippen LogP contribution in [-0.4, -0.2) is 50.0 Å². The molecule has 0 bridgehead atoms. The van der Waals surface area contributed by atoms with Crippen LogP contribution >= 0.6 is 0 Å². The molecule has 0 N–H and O–H groups in total. The highest BCUT2D eigenvalue weighted by atomic mass is 16.5. The van der Waals surface area contributed by atoms with Crippen molar-refractivity contribution in [3.63, 3.8) is 0 Å². The van der Waals surface area contributed by atoms with Crippen LogP contribution in [0.25, 0.3) is 0 Å². The van der Waals surface area contributed by atoms with E-state index >= 15 is 0 Å². The Labute approximate surface area is 124 Å². The van der Waals surface area contributed by atoms with Crippen molar-refractivity contribution in [2.24, 2.45) is 0 Å². The maximum absolute atomic E-state index is 5.47. The molecule has 0 saturated carbocycles. The molecular formula is C15H21N5O. The van der Waals surface area contributed by atoms with Crippen molar-refractivity contribution >= 4 is 0 Å². The van der Waals surface area contributed by atoms with Gasteiger partial charge in [-0.15, -0.1) is 0 Å². The van der Waals surface area contributed by atoms with E-state index < -0.39 is 0 Å². The van der Waals surface area contributed by atoms with Gasteiger partial charge in [-0.2, -0.15) is 5.10 Å². The Kier molecular flexibility index (Phi) is 3.48. The number of hydrogen-bond acceptors (Lipinski definition) is 4. The summed E-state index contributed by atoms with van der Waals surface area (Å²) < 4.78 is 9.69. The molecule has 1 saturated heterocycles. The molecule has 1 fully saturated rings. The number of hydrogen-bond donors (Lipinski definition) is 0. The zero-order chi connectivity index (χ0) is 14.1. The SMILES string of the molecule is c1cnn(Cc2cn3c(n2)CN(C2CCOCC2)CC3)c1. The summed E-state index contributed by atoms with van der Waals surface area (Å²) in [6.07, 6.45) is 8.27. The van der Waals surface area contributed by atoms with Gasteiger partial charge in [-0.05, 0) is 18.9 Å². The van der Waals surface area contributed by atoms with Crippen molar-refractivity contribution < 1.29 is 4.74 Å². The first-order chi connectivity index (χ1) is 10.4. The van der Waals surface area contributed by atoms with Gasteiger partial charge in [0.15, 0.2) is 0 Å². The second kappa shape index (κ2) is 5.61. The lowest BCUT2D eigenvalue weighted by atomic mass is 10.1. The van der Waals surface area contributed by atoms with E-state index in [1.165, 1.54) is 5.82 Å². The van der Waals surface area contributed by atoms with Crippen molar-refractivity contribution in [3.05, 3.63) is 36.2 Å².